The van der Waals surface area contributed by atoms with Crippen molar-refractivity contribution in [2.45, 2.75) is 51.8 Å². The molecule has 35 heavy (non-hydrogen) atoms. The van der Waals surface area contributed by atoms with E-state index in [1.165, 1.54) is 29.2 Å². The topological polar surface area (TPSA) is 128 Å². The van der Waals surface area contributed by atoms with E-state index in [1.54, 1.807) is 0 Å². The number of nitrogens with zero attached hydrogens (tertiary/aromatic N) is 2. The van der Waals surface area contributed by atoms with Gasteiger partial charge in [-0.15, -0.1) is 0 Å². The summed E-state index contributed by atoms with van der Waals surface area (Å²) in [5.74, 6) is -0.932. The highest BCUT2D eigenvalue weighted by Gasteiger charge is 2.37. The molecular formula is C25H29N3O7. The van der Waals surface area contributed by atoms with Crippen molar-refractivity contribution in [1.82, 2.24) is 10.2 Å². The maximum Gasteiger partial charge on any atom is 0.410 e. The summed E-state index contributed by atoms with van der Waals surface area (Å²) in [5.41, 5.74) is 0.712. The molecule has 186 valence electrons. The number of hydrogen-bond acceptors (Lipinski definition) is 7. The Morgan fingerprint density at radius 3 is 2.43 bits per heavy atom. The highest BCUT2D eigenvalue weighted by molar-refractivity contribution is 5.90. The molecular weight excluding hydrogens is 454 g/mol. The Balaban J connectivity index is 1.62. The summed E-state index contributed by atoms with van der Waals surface area (Å²) in [6, 6.07) is 12.7. The molecule has 0 spiro atoms. The summed E-state index contributed by atoms with van der Waals surface area (Å²) >= 11 is 0. The molecule has 0 unspecified atom stereocenters. The van der Waals surface area contributed by atoms with E-state index in [1.807, 2.05) is 44.2 Å². The van der Waals surface area contributed by atoms with Crippen molar-refractivity contribution in [2.24, 2.45) is 5.92 Å². The van der Waals surface area contributed by atoms with Crippen LogP contribution < -0.4 is 10.1 Å². The van der Waals surface area contributed by atoms with E-state index in [9.17, 15) is 24.5 Å². The van der Waals surface area contributed by atoms with Gasteiger partial charge in [-0.2, -0.15) is 0 Å². The third-order valence-corrected chi connectivity index (χ3v) is 5.57. The number of benzene rings is 2. The monoisotopic (exact) mass is 483 g/mol. The van der Waals surface area contributed by atoms with E-state index in [0.29, 0.717) is 25.8 Å². The van der Waals surface area contributed by atoms with E-state index in [4.69, 9.17) is 9.47 Å². The van der Waals surface area contributed by atoms with Gasteiger partial charge in [0, 0.05) is 18.7 Å². The molecule has 0 bridgehead atoms. The third-order valence-electron chi connectivity index (χ3n) is 5.57. The summed E-state index contributed by atoms with van der Waals surface area (Å²) in [6.07, 6.45) is 0.835. The predicted molar refractivity (Wildman–Crippen MR) is 126 cm³/mol. The van der Waals surface area contributed by atoms with Gasteiger partial charge >= 0.3 is 12.1 Å². The van der Waals surface area contributed by atoms with Crippen LogP contribution in [0.25, 0.3) is 0 Å². The van der Waals surface area contributed by atoms with E-state index < -0.39 is 35.0 Å². The second kappa shape index (κ2) is 12.0. The molecule has 1 aliphatic heterocycles. The molecule has 2 aromatic rings. The number of nitrogens with one attached hydrogen (secondary N) is 1. The fraction of sp³-hybridized carbons (Fsp3) is 0.400. The number of carbonyl (C=O) groups excluding carboxylic acids is 3. The lowest BCUT2D eigenvalue weighted by molar-refractivity contribution is -0.384. The molecule has 1 heterocycles. The minimum atomic E-state index is -0.944. The summed E-state index contributed by atoms with van der Waals surface area (Å²) < 4.78 is 10.7. The highest BCUT2D eigenvalue weighted by atomic mass is 16.6. The van der Waals surface area contributed by atoms with Gasteiger partial charge in [0.25, 0.3) is 5.69 Å². The Labute approximate surface area is 203 Å². The molecule has 0 aromatic heterocycles. The van der Waals surface area contributed by atoms with Crippen molar-refractivity contribution in [3.8, 4) is 5.75 Å². The van der Waals surface area contributed by atoms with Crippen LogP contribution in [0.15, 0.2) is 54.6 Å². The molecule has 3 rings (SSSR count). The van der Waals surface area contributed by atoms with Crippen LogP contribution in [0.1, 0.15) is 38.7 Å². The number of ether oxygens (including phenoxy) is 2. The van der Waals surface area contributed by atoms with Gasteiger partial charge in [-0.05, 0) is 42.9 Å². The molecule has 0 saturated carbocycles. The molecule has 10 nitrogen and oxygen atoms in total. The first-order valence-electron chi connectivity index (χ1n) is 11.5. The van der Waals surface area contributed by atoms with Crippen molar-refractivity contribution in [2.75, 3.05) is 6.54 Å². The zero-order valence-corrected chi connectivity index (χ0v) is 19.7. The second-order valence-corrected chi connectivity index (χ2v) is 8.75. The number of likely N-dealkylation sites (tertiary alicyclic amines) is 1. The number of carbonyl (C=O) groups is 3. The first-order chi connectivity index (χ1) is 16.7. The smallest absolute Gasteiger partial charge is 0.410 e. The number of non-ortho nitro benzene ring substituents is 1. The van der Waals surface area contributed by atoms with Gasteiger partial charge in [0.1, 0.15) is 24.4 Å². The Kier molecular flexibility index (Phi) is 8.77. The Morgan fingerprint density at radius 2 is 1.80 bits per heavy atom. The molecule has 2 aromatic carbocycles. The number of hydrogen-bond donors (Lipinski definition) is 1. The van der Waals surface area contributed by atoms with Gasteiger partial charge in [-0.3, -0.25) is 19.8 Å². The number of amides is 2. The molecule has 0 aliphatic carbocycles. The van der Waals surface area contributed by atoms with Gasteiger partial charge in [0.05, 0.1) is 4.92 Å². The van der Waals surface area contributed by atoms with Crippen molar-refractivity contribution >= 4 is 23.7 Å². The summed E-state index contributed by atoms with van der Waals surface area (Å²) in [6.45, 7) is 4.29. The quantitative estimate of drug-likeness (QED) is 0.248. The van der Waals surface area contributed by atoms with E-state index in [2.05, 4.69) is 5.32 Å². The van der Waals surface area contributed by atoms with E-state index in [0.717, 1.165) is 5.56 Å². The molecule has 10 heteroatoms. The second-order valence-electron chi connectivity index (χ2n) is 8.75. The fourth-order valence-corrected chi connectivity index (χ4v) is 3.84. The zero-order chi connectivity index (χ0) is 25.4. The first-order valence-corrected chi connectivity index (χ1v) is 11.5. The van der Waals surface area contributed by atoms with Crippen molar-refractivity contribution in [3.63, 3.8) is 0 Å². The average molecular weight is 484 g/mol. The van der Waals surface area contributed by atoms with Crippen molar-refractivity contribution < 1.29 is 28.8 Å². The molecule has 1 fully saturated rings. The van der Waals surface area contributed by atoms with Crippen LogP contribution in [0.2, 0.25) is 0 Å². The summed E-state index contributed by atoms with van der Waals surface area (Å²) in [4.78, 5) is 50.2. The van der Waals surface area contributed by atoms with Gasteiger partial charge in [-0.1, -0.05) is 44.2 Å². The lowest BCUT2D eigenvalue weighted by Crippen LogP contribution is -2.52. The molecule has 1 N–H and O–H groups in total. The van der Waals surface area contributed by atoms with Crippen molar-refractivity contribution in [1.29, 1.82) is 0 Å². The Hall–Kier alpha value is -3.95. The van der Waals surface area contributed by atoms with Gasteiger partial charge in [0.2, 0.25) is 5.91 Å². The number of rotatable bonds is 9. The third kappa shape index (κ3) is 7.26. The van der Waals surface area contributed by atoms with Crippen LogP contribution in [0.3, 0.4) is 0 Å². The highest BCUT2D eigenvalue weighted by Crippen LogP contribution is 2.21. The van der Waals surface area contributed by atoms with Gasteiger partial charge in [0.15, 0.2) is 0 Å². The van der Waals surface area contributed by atoms with E-state index >= 15 is 0 Å². The zero-order valence-electron chi connectivity index (χ0n) is 19.7. The van der Waals surface area contributed by atoms with Crippen LogP contribution in [0.4, 0.5) is 10.5 Å². The largest absolute Gasteiger partial charge is 0.445 e. The van der Waals surface area contributed by atoms with Crippen LogP contribution in [-0.2, 0) is 20.9 Å². The Morgan fingerprint density at radius 1 is 1.11 bits per heavy atom. The molecule has 2 amide bonds. The lowest BCUT2D eigenvalue weighted by Gasteiger charge is -2.26. The molecule has 1 saturated heterocycles. The fourth-order valence-electron chi connectivity index (χ4n) is 3.84. The van der Waals surface area contributed by atoms with Gasteiger partial charge < -0.3 is 14.8 Å². The normalized spacial score (nSPS) is 16.0. The number of nitro groups is 1. The molecule has 0 radical (unpaired) electrons. The SMILES string of the molecule is CC(C)C[C@H](NC(=O)[C@@H]1CCCN1C(=O)OCc1ccccc1)C(=O)Oc1ccc([N+](=O)[O-])cc1. The summed E-state index contributed by atoms with van der Waals surface area (Å²) in [7, 11) is 0. The first kappa shape index (κ1) is 25.7. The van der Waals surface area contributed by atoms with Crippen molar-refractivity contribution in [3.05, 3.63) is 70.3 Å². The van der Waals surface area contributed by atoms with E-state index in [-0.39, 0.29) is 24.0 Å². The summed E-state index contributed by atoms with van der Waals surface area (Å²) in [5, 5.41) is 13.5. The standard InChI is InChI=1S/C25H29N3O7/c1-17(2)15-21(24(30)35-20-12-10-19(11-13-20)28(32)33)26-23(29)22-9-6-14-27(22)25(31)34-16-18-7-4-3-5-8-18/h3-5,7-8,10-13,17,21-22H,6,9,14-16H2,1-2H3,(H,26,29)/t21-,22-/m0/s1. The van der Waals surface area contributed by atoms with Crippen LogP contribution in [0.5, 0.6) is 5.75 Å². The van der Waals surface area contributed by atoms with Crippen LogP contribution in [0, 0.1) is 16.0 Å². The molecule has 1 aliphatic rings. The lowest BCUT2D eigenvalue weighted by atomic mass is 10.0. The maximum atomic E-state index is 13.1. The minimum Gasteiger partial charge on any atom is -0.445 e. The minimum absolute atomic E-state index is 0.0697. The Bertz CT molecular complexity index is 1040. The number of esters is 1. The van der Waals surface area contributed by atoms with Crippen LogP contribution >= 0.6 is 0 Å². The van der Waals surface area contributed by atoms with Gasteiger partial charge in [-0.25, -0.2) is 9.59 Å². The number of nitro benzene ring substituents is 1. The van der Waals surface area contributed by atoms with Crippen LogP contribution in [-0.4, -0.2) is 46.4 Å². The predicted octanol–water partition coefficient (Wildman–Crippen LogP) is 3.83. The maximum absolute atomic E-state index is 13.1. The molecule has 2 atom stereocenters. The average Bonchev–Trinajstić information content (AvgIpc) is 3.33.